The number of esters is 1. The SMILES string of the molecule is Cc1cc(N(C)CCN(C)C)c(N)cc1Nc1ncc(C(=O)OC(C)C)c(-c2nn(C)c3ccccc23)n1. The second kappa shape index (κ2) is 11.1. The fourth-order valence-electron chi connectivity index (χ4n) is 4.20. The van der Waals surface area contributed by atoms with Crippen molar-refractivity contribution in [2.75, 3.05) is 50.2 Å². The number of nitrogens with two attached hydrogens (primary N) is 1. The van der Waals surface area contributed by atoms with Crippen molar-refractivity contribution in [3.8, 4) is 11.4 Å². The number of nitrogen functional groups attached to an aromatic ring is 1. The summed E-state index contributed by atoms with van der Waals surface area (Å²) in [6, 6.07) is 11.8. The van der Waals surface area contributed by atoms with E-state index in [0.29, 0.717) is 23.0 Å². The second-order valence-corrected chi connectivity index (χ2v) is 9.98. The van der Waals surface area contributed by atoms with Crippen molar-refractivity contribution in [3.05, 3.63) is 53.7 Å². The molecule has 0 aliphatic heterocycles. The zero-order valence-electron chi connectivity index (χ0n) is 23.1. The number of carbonyl (C=O) groups excluding carboxylic acids is 1. The number of para-hydroxylation sites is 1. The van der Waals surface area contributed by atoms with E-state index in [1.165, 1.54) is 6.20 Å². The fourth-order valence-corrected chi connectivity index (χ4v) is 4.20. The summed E-state index contributed by atoms with van der Waals surface area (Å²) < 4.78 is 7.25. The minimum atomic E-state index is -0.498. The van der Waals surface area contributed by atoms with Crippen molar-refractivity contribution >= 4 is 39.9 Å². The number of carbonyl (C=O) groups is 1. The summed E-state index contributed by atoms with van der Waals surface area (Å²) in [5.41, 5.74) is 12.0. The van der Waals surface area contributed by atoms with Gasteiger partial charge in [-0.25, -0.2) is 14.8 Å². The van der Waals surface area contributed by atoms with E-state index in [2.05, 4.69) is 31.3 Å². The molecule has 0 saturated carbocycles. The zero-order chi connectivity index (χ0) is 27.6. The lowest BCUT2D eigenvalue weighted by Gasteiger charge is -2.24. The van der Waals surface area contributed by atoms with Crippen LogP contribution in [-0.4, -0.2) is 71.0 Å². The van der Waals surface area contributed by atoms with Crippen molar-refractivity contribution < 1.29 is 9.53 Å². The summed E-state index contributed by atoms with van der Waals surface area (Å²) >= 11 is 0. The van der Waals surface area contributed by atoms with Gasteiger partial charge >= 0.3 is 5.97 Å². The van der Waals surface area contributed by atoms with Gasteiger partial charge in [-0.3, -0.25) is 4.68 Å². The Kier molecular flexibility index (Phi) is 7.82. The van der Waals surface area contributed by atoms with Crippen LogP contribution in [0.25, 0.3) is 22.3 Å². The van der Waals surface area contributed by atoms with Crippen LogP contribution in [0.15, 0.2) is 42.6 Å². The number of rotatable bonds is 9. The second-order valence-electron chi connectivity index (χ2n) is 9.98. The molecule has 0 aliphatic rings. The standard InChI is InChI=1S/C28H36N8O2/c1-17(2)38-27(37)20-16-30-28(32-25(20)26-19-10-8-9-11-23(19)36(7)33-26)31-22-15-21(29)24(14-18(22)3)35(6)13-12-34(4)5/h8-11,14-17H,12-13,29H2,1-7H3,(H,30,31,32). The van der Waals surface area contributed by atoms with Crippen molar-refractivity contribution in [2.45, 2.75) is 26.9 Å². The Labute approximate surface area is 223 Å². The molecule has 0 bridgehead atoms. The molecule has 2 heterocycles. The first-order chi connectivity index (χ1) is 18.0. The lowest BCUT2D eigenvalue weighted by atomic mass is 10.1. The molecule has 3 N–H and O–H groups in total. The number of aromatic nitrogens is 4. The Morgan fingerprint density at radius 1 is 1.13 bits per heavy atom. The molecule has 0 unspecified atom stereocenters. The van der Waals surface area contributed by atoms with Crippen LogP contribution >= 0.6 is 0 Å². The maximum Gasteiger partial charge on any atom is 0.342 e. The third-order valence-corrected chi connectivity index (χ3v) is 6.25. The number of fused-ring (bicyclic) bond motifs is 1. The number of hydrogen-bond donors (Lipinski definition) is 2. The molecular weight excluding hydrogens is 480 g/mol. The van der Waals surface area contributed by atoms with E-state index in [0.717, 1.165) is 40.9 Å². The lowest BCUT2D eigenvalue weighted by Crippen LogP contribution is -2.29. The normalized spacial score (nSPS) is 11.4. The van der Waals surface area contributed by atoms with Gasteiger partial charge < -0.3 is 25.6 Å². The van der Waals surface area contributed by atoms with E-state index in [4.69, 9.17) is 15.5 Å². The maximum atomic E-state index is 13.0. The van der Waals surface area contributed by atoms with Crippen molar-refractivity contribution in [3.63, 3.8) is 0 Å². The molecule has 2 aromatic heterocycles. The highest BCUT2D eigenvalue weighted by Gasteiger charge is 2.23. The molecule has 0 fully saturated rings. The van der Waals surface area contributed by atoms with E-state index in [1.54, 1.807) is 18.5 Å². The van der Waals surface area contributed by atoms with Crippen LogP contribution in [0.2, 0.25) is 0 Å². The first kappa shape index (κ1) is 26.9. The quantitative estimate of drug-likeness (QED) is 0.249. The third kappa shape index (κ3) is 5.70. The minimum absolute atomic E-state index is 0.252. The number of benzene rings is 2. The Balaban J connectivity index is 1.73. The van der Waals surface area contributed by atoms with Gasteiger partial charge in [0, 0.05) is 44.5 Å². The average molecular weight is 517 g/mol. The van der Waals surface area contributed by atoms with Crippen LogP contribution in [0.4, 0.5) is 23.0 Å². The highest BCUT2D eigenvalue weighted by molar-refractivity contribution is 6.01. The van der Waals surface area contributed by atoms with Gasteiger partial charge in [0.2, 0.25) is 5.95 Å². The monoisotopic (exact) mass is 516 g/mol. The van der Waals surface area contributed by atoms with Gasteiger partial charge in [0.25, 0.3) is 0 Å². The Morgan fingerprint density at radius 3 is 2.58 bits per heavy atom. The van der Waals surface area contributed by atoms with E-state index in [9.17, 15) is 4.79 Å². The van der Waals surface area contributed by atoms with E-state index < -0.39 is 5.97 Å². The smallest absolute Gasteiger partial charge is 0.342 e. The lowest BCUT2D eigenvalue weighted by molar-refractivity contribution is 0.0378. The van der Waals surface area contributed by atoms with Crippen LogP contribution in [0.1, 0.15) is 29.8 Å². The van der Waals surface area contributed by atoms with Gasteiger partial charge in [-0.15, -0.1) is 0 Å². The van der Waals surface area contributed by atoms with Gasteiger partial charge in [0.15, 0.2) is 0 Å². The highest BCUT2D eigenvalue weighted by Crippen LogP contribution is 2.33. The molecule has 200 valence electrons. The first-order valence-corrected chi connectivity index (χ1v) is 12.6. The molecule has 10 heteroatoms. The van der Waals surface area contributed by atoms with Gasteiger partial charge in [-0.05, 0) is 58.6 Å². The molecule has 0 atom stereocenters. The first-order valence-electron chi connectivity index (χ1n) is 12.6. The van der Waals surface area contributed by atoms with E-state index in [-0.39, 0.29) is 11.7 Å². The summed E-state index contributed by atoms with van der Waals surface area (Å²) in [4.78, 5) is 26.4. The summed E-state index contributed by atoms with van der Waals surface area (Å²) in [6.07, 6.45) is 1.20. The fraction of sp³-hybridized carbons (Fsp3) is 0.357. The Bertz CT molecular complexity index is 1460. The molecule has 38 heavy (non-hydrogen) atoms. The molecule has 10 nitrogen and oxygen atoms in total. The molecule has 2 aromatic carbocycles. The number of likely N-dealkylation sites (N-methyl/N-ethyl adjacent to an activating group) is 2. The van der Waals surface area contributed by atoms with Crippen LogP contribution in [0.3, 0.4) is 0 Å². The number of nitrogens with zero attached hydrogens (tertiary/aromatic N) is 6. The van der Waals surface area contributed by atoms with E-state index >= 15 is 0 Å². The summed E-state index contributed by atoms with van der Waals surface area (Å²) in [5.74, 6) is -0.172. The molecule has 0 radical (unpaired) electrons. The van der Waals surface area contributed by atoms with Crippen LogP contribution in [0, 0.1) is 6.92 Å². The zero-order valence-corrected chi connectivity index (χ0v) is 23.1. The van der Waals surface area contributed by atoms with Crippen molar-refractivity contribution in [1.82, 2.24) is 24.6 Å². The summed E-state index contributed by atoms with van der Waals surface area (Å²) in [5, 5.41) is 8.85. The summed E-state index contributed by atoms with van der Waals surface area (Å²) in [7, 11) is 7.99. The molecule has 0 spiro atoms. The third-order valence-electron chi connectivity index (χ3n) is 6.25. The highest BCUT2D eigenvalue weighted by atomic mass is 16.5. The summed E-state index contributed by atoms with van der Waals surface area (Å²) in [6.45, 7) is 7.38. The molecular formula is C28H36N8O2. The predicted octanol–water partition coefficient (Wildman–Crippen LogP) is 4.23. The minimum Gasteiger partial charge on any atom is -0.459 e. The van der Waals surface area contributed by atoms with Gasteiger partial charge in [-0.2, -0.15) is 5.10 Å². The van der Waals surface area contributed by atoms with Gasteiger partial charge in [0.1, 0.15) is 17.0 Å². The Morgan fingerprint density at radius 2 is 1.87 bits per heavy atom. The van der Waals surface area contributed by atoms with Crippen molar-refractivity contribution in [1.29, 1.82) is 0 Å². The number of ether oxygens (including phenoxy) is 1. The average Bonchev–Trinajstić information content (AvgIpc) is 3.20. The van der Waals surface area contributed by atoms with Crippen LogP contribution < -0.4 is 16.0 Å². The molecule has 0 aliphatic carbocycles. The molecule has 4 aromatic rings. The largest absolute Gasteiger partial charge is 0.459 e. The Hall–Kier alpha value is -4.18. The maximum absolute atomic E-state index is 13.0. The number of nitrogens with one attached hydrogen (secondary N) is 1. The molecule has 4 rings (SSSR count). The number of anilines is 4. The molecule has 0 amide bonds. The van der Waals surface area contributed by atoms with Crippen LogP contribution in [-0.2, 0) is 11.8 Å². The van der Waals surface area contributed by atoms with Crippen molar-refractivity contribution in [2.24, 2.45) is 7.05 Å². The van der Waals surface area contributed by atoms with Gasteiger partial charge in [0.05, 0.1) is 23.0 Å². The number of hydrogen-bond acceptors (Lipinski definition) is 9. The van der Waals surface area contributed by atoms with Gasteiger partial charge in [-0.1, -0.05) is 18.2 Å². The van der Waals surface area contributed by atoms with E-state index in [1.807, 2.05) is 65.4 Å². The van der Waals surface area contributed by atoms with Crippen LogP contribution in [0.5, 0.6) is 0 Å². The predicted molar refractivity (Wildman–Crippen MR) is 153 cm³/mol. The number of aryl methyl sites for hydroxylation is 2. The molecule has 0 saturated heterocycles. The topological polar surface area (TPSA) is 114 Å².